The van der Waals surface area contributed by atoms with Gasteiger partial charge in [0.25, 0.3) is 11.7 Å². The third kappa shape index (κ3) is 3.30. The minimum atomic E-state index is -0.297. The first kappa shape index (κ1) is 14.2. The summed E-state index contributed by atoms with van der Waals surface area (Å²) in [6.07, 6.45) is 3.08. The van der Waals surface area contributed by atoms with Crippen LogP contribution in [-0.4, -0.2) is 22.6 Å². The van der Waals surface area contributed by atoms with E-state index < -0.39 is 0 Å². The fraction of sp³-hybridized carbons (Fsp3) is 0.500. The second-order valence-electron chi connectivity index (χ2n) is 5.01. The molecule has 1 aliphatic heterocycles. The van der Waals surface area contributed by atoms with Crippen molar-refractivity contribution in [3.8, 4) is 0 Å². The van der Waals surface area contributed by atoms with Crippen molar-refractivity contribution in [2.45, 2.75) is 38.8 Å². The number of hydrogen-bond donors (Lipinski definition) is 2. The molecule has 21 heavy (non-hydrogen) atoms. The molecule has 2 aromatic rings. The molecule has 1 fully saturated rings. The molecule has 1 atom stereocenters. The molecule has 1 aliphatic rings. The molecule has 0 bridgehead atoms. The molecule has 112 valence electrons. The smallest absolute Gasteiger partial charge is 0.292 e. The van der Waals surface area contributed by atoms with Crippen molar-refractivity contribution in [3.05, 3.63) is 33.6 Å². The van der Waals surface area contributed by atoms with Crippen LogP contribution >= 0.6 is 11.3 Å². The molecule has 2 aromatic heterocycles. The van der Waals surface area contributed by atoms with Crippen LogP contribution in [0.25, 0.3) is 0 Å². The summed E-state index contributed by atoms with van der Waals surface area (Å²) in [6.45, 7) is 3.56. The Balaban J connectivity index is 1.57. The summed E-state index contributed by atoms with van der Waals surface area (Å²) in [5, 5.41) is 9.85. The Morgan fingerprint density at radius 2 is 2.38 bits per heavy atom. The Bertz CT molecular complexity index is 616. The van der Waals surface area contributed by atoms with E-state index in [2.05, 4.69) is 33.8 Å². The van der Waals surface area contributed by atoms with E-state index in [0.717, 1.165) is 30.7 Å². The van der Waals surface area contributed by atoms with Crippen LogP contribution in [0.4, 0.5) is 0 Å². The first-order valence-electron chi connectivity index (χ1n) is 7.19. The highest BCUT2D eigenvalue weighted by Crippen LogP contribution is 2.21. The summed E-state index contributed by atoms with van der Waals surface area (Å²) in [6, 6.07) is 4.21. The number of rotatable bonds is 5. The normalized spacial score (nSPS) is 18.0. The fourth-order valence-corrected chi connectivity index (χ4v) is 3.22. The van der Waals surface area contributed by atoms with Gasteiger partial charge in [-0.15, -0.1) is 11.3 Å². The first-order valence-corrected chi connectivity index (χ1v) is 8.00. The van der Waals surface area contributed by atoms with E-state index in [-0.39, 0.29) is 17.8 Å². The SMILES string of the molecule is CCc1ccc(CNC(=O)c2noc(C3CCCN3)n2)s1. The lowest BCUT2D eigenvalue weighted by Gasteiger charge is -2.01. The van der Waals surface area contributed by atoms with Crippen LogP contribution in [0.2, 0.25) is 0 Å². The Morgan fingerprint density at radius 1 is 1.52 bits per heavy atom. The maximum atomic E-state index is 12.0. The molecule has 3 rings (SSSR count). The zero-order chi connectivity index (χ0) is 14.7. The fourth-order valence-electron chi connectivity index (χ4n) is 2.32. The zero-order valence-corrected chi connectivity index (χ0v) is 12.7. The number of nitrogens with one attached hydrogen (secondary N) is 2. The second-order valence-corrected chi connectivity index (χ2v) is 6.26. The molecule has 1 amide bonds. The van der Waals surface area contributed by atoms with Crippen LogP contribution < -0.4 is 10.6 Å². The predicted molar refractivity (Wildman–Crippen MR) is 79.1 cm³/mol. The van der Waals surface area contributed by atoms with E-state index in [4.69, 9.17) is 4.52 Å². The van der Waals surface area contributed by atoms with Gasteiger partial charge in [0, 0.05) is 9.75 Å². The van der Waals surface area contributed by atoms with Crippen molar-refractivity contribution in [2.75, 3.05) is 6.54 Å². The van der Waals surface area contributed by atoms with Gasteiger partial charge in [-0.3, -0.25) is 4.79 Å². The van der Waals surface area contributed by atoms with Crippen LogP contribution in [0.1, 0.15) is 52.1 Å². The molecule has 6 nitrogen and oxygen atoms in total. The minimum absolute atomic E-state index is 0.0865. The van der Waals surface area contributed by atoms with Gasteiger partial charge in [-0.1, -0.05) is 12.1 Å². The number of nitrogens with zero attached hydrogens (tertiary/aromatic N) is 2. The Morgan fingerprint density at radius 3 is 3.10 bits per heavy atom. The molecular formula is C14H18N4O2S. The Hall–Kier alpha value is -1.73. The standard InChI is InChI=1S/C14H18N4O2S/c1-2-9-5-6-10(21-9)8-16-13(19)12-17-14(20-18-12)11-4-3-7-15-11/h5-6,11,15H,2-4,7-8H2,1H3,(H,16,19). The molecule has 1 saturated heterocycles. The average molecular weight is 306 g/mol. The monoisotopic (exact) mass is 306 g/mol. The third-order valence-electron chi connectivity index (χ3n) is 3.49. The van der Waals surface area contributed by atoms with E-state index in [0.29, 0.717) is 12.4 Å². The lowest BCUT2D eigenvalue weighted by molar-refractivity contribution is 0.0938. The number of aryl methyl sites for hydroxylation is 1. The molecule has 7 heteroatoms. The first-order chi connectivity index (χ1) is 10.3. The van der Waals surface area contributed by atoms with Crippen LogP contribution in [0.3, 0.4) is 0 Å². The summed E-state index contributed by atoms with van der Waals surface area (Å²) >= 11 is 1.71. The second kappa shape index (κ2) is 6.36. The lowest BCUT2D eigenvalue weighted by atomic mass is 10.2. The summed E-state index contributed by atoms with van der Waals surface area (Å²) in [7, 11) is 0. The van der Waals surface area contributed by atoms with E-state index >= 15 is 0 Å². The van der Waals surface area contributed by atoms with Gasteiger partial charge in [0.05, 0.1) is 12.6 Å². The number of carbonyl (C=O) groups is 1. The van der Waals surface area contributed by atoms with Crippen molar-refractivity contribution < 1.29 is 9.32 Å². The molecule has 2 N–H and O–H groups in total. The van der Waals surface area contributed by atoms with Gasteiger partial charge in [0.15, 0.2) is 0 Å². The van der Waals surface area contributed by atoms with Gasteiger partial charge in [-0.2, -0.15) is 4.98 Å². The van der Waals surface area contributed by atoms with Gasteiger partial charge >= 0.3 is 0 Å². The average Bonchev–Trinajstić information content (AvgIpc) is 3.24. The van der Waals surface area contributed by atoms with Gasteiger partial charge in [0.2, 0.25) is 5.89 Å². The molecular weight excluding hydrogens is 288 g/mol. The third-order valence-corrected chi connectivity index (χ3v) is 4.72. The summed E-state index contributed by atoms with van der Waals surface area (Å²) < 4.78 is 5.16. The number of amides is 1. The van der Waals surface area contributed by atoms with Crippen LogP contribution in [0.5, 0.6) is 0 Å². The van der Waals surface area contributed by atoms with E-state index in [1.54, 1.807) is 11.3 Å². The zero-order valence-electron chi connectivity index (χ0n) is 11.9. The highest BCUT2D eigenvalue weighted by molar-refractivity contribution is 7.11. The minimum Gasteiger partial charge on any atom is -0.344 e. The highest BCUT2D eigenvalue weighted by atomic mass is 32.1. The van der Waals surface area contributed by atoms with E-state index in [1.165, 1.54) is 4.88 Å². The van der Waals surface area contributed by atoms with Crippen LogP contribution in [0, 0.1) is 0 Å². The highest BCUT2D eigenvalue weighted by Gasteiger charge is 2.24. The van der Waals surface area contributed by atoms with Crippen molar-refractivity contribution in [2.24, 2.45) is 0 Å². The number of aromatic nitrogens is 2. The summed E-state index contributed by atoms with van der Waals surface area (Å²) in [5.74, 6) is 0.308. The Labute approximate surface area is 126 Å². The maximum Gasteiger partial charge on any atom is 0.292 e. The van der Waals surface area contributed by atoms with Crippen molar-refractivity contribution in [1.29, 1.82) is 0 Å². The number of thiophene rings is 1. The summed E-state index contributed by atoms with van der Waals surface area (Å²) in [5.41, 5.74) is 0. The summed E-state index contributed by atoms with van der Waals surface area (Å²) in [4.78, 5) is 18.6. The van der Waals surface area contributed by atoms with Crippen LogP contribution in [0.15, 0.2) is 16.7 Å². The van der Waals surface area contributed by atoms with Crippen molar-refractivity contribution >= 4 is 17.2 Å². The molecule has 1 unspecified atom stereocenters. The van der Waals surface area contributed by atoms with Gasteiger partial charge in [0.1, 0.15) is 0 Å². The van der Waals surface area contributed by atoms with Crippen molar-refractivity contribution in [3.63, 3.8) is 0 Å². The van der Waals surface area contributed by atoms with Gasteiger partial charge < -0.3 is 15.2 Å². The molecule has 0 aliphatic carbocycles. The topological polar surface area (TPSA) is 80.0 Å². The van der Waals surface area contributed by atoms with E-state index in [9.17, 15) is 4.79 Å². The molecule has 0 spiro atoms. The largest absolute Gasteiger partial charge is 0.344 e. The predicted octanol–water partition coefficient (Wildman–Crippen LogP) is 2.05. The molecule has 0 radical (unpaired) electrons. The molecule has 0 saturated carbocycles. The van der Waals surface area contributed by atoms with Gasteiger partial charge in [-0.05, 0) is 37.9 Å². The maximum absolute atomic E-state index is 12.0. The molecule has 3 heterocycles. The van der Waals surface area contributed by atoms with Gasteiger partial charge in [-0.25, -0.2) is 0 Å². The molecule has 0 aromatic carbocycles. The Kier molecular flexibility index (Phi) is 4.31. The van der Waals surface area contributed by atoms with Crippen LogP contribution in [-0.2, 0) is 13.0 Å². The number of hydrogen-bond acceptors (Lipinski definition) is 6. The lowest BCUT2D eigenvalue weighted by Crippen LogP contribution is -2.23. The van der Waals surface area contributed by atoms with E-state index in [1.807, 2.05) is 6.07 Å². The number of carbonyl (C=O) groups excluding carboxylic acids is 1. The quantitative estimate of drug-likeness (QED) is 0.883. The van der Waals surface area contributed by atoms with Crippen molar-refractivity contribution in [1.82, 2.24) is 20.8 Å².